The third-order valence-corrected chi connectivity index (χ3v) is 7.72. The van der Waals surface area contributed by atoms with Gasteiger partial charge in [0, 0.05) is 25.6 Å². The van der Waals surface area contributed by atoms with E-state index in [9.17, 15) is 4.79 Å². The predicted molar refractivity (Wildman–Crippen MR) is 128 cm³/mol. The monoisotopic (exact) mass is 480 g/mol. The van der Waals surface area contributed by atoms with Crippen LogP contribution < -0.4 is 4.90 Å². The van der Waals surface area contributed by atoms with Gasteiger partial charge in [-0.15, -0.1) is 10.2 Å². The van der Waals surface area contributed by atoms with Gasteiger partial charge in [-0.25, -0.2) is 5.01 Å². The van der Waals surface area contributed by atoms with Crippen LogP contribution in [-0.4, -0.2) is 50.2 Å². The molecule has 0 aromatic carbocycles. The van der Waals surface area contributed by atoms with Crippen LogP contribution in [0.1, 0.15) is 62.6 Å². The predicted octanol–water partition coefficient (Wildman–Crippen LogP) is 4.51. The molecule has 1 amide bonds. The minimum Gasteiger partial charge on any atom is -0.467 e. The van der Waals surface area contributed by atoms with E-state index in [2.05, 4.69) is 31.7 Å². The molecule has 178 valence electrons. The van der Waals surface area contributed by atoms with Crippen LogP contribution in [0.15, 0.2) is 55.9 Å². The van der Waals surface area contributed by atoms with Gasteiger partial charge in [0.2, 0.25) is 5.95 Å². The molecule has 1 unspecified atom stereocenters. The summed E-state index contributed by atoms with van der Waals surface area (Å²) in [6.07, 6.45) is 8.42. The normalized spacial score (nSPS) is 21.3. The Morgan fingerprint density at radius 3 is 2.59 bits per heavy atom. The molecule has 1 saturated carbocycles. The molecule has 3 aromatic heterocycles. The Morgan fingerprint density at radius 1 is 1.09 bits per heavy atom. The first kappa shape index (κ1) is 21.5. The summed E-state index contributed by atoms with van der Waals surface area (Å²) in [7, 11) is 0. The number of furan rings is 2. The van der Waals surface area contributed by atoms with Crippen molar-refractivity contribution in [2.24, 2.45) is 11.0 Å². The van der Waals surface area contributed by atoms with Crippen molar-refractivity contribution in [1.29, 1.82) is 0 Å². The zero-order chi connectivity index (χ0) is 23.1. The SMILES string of the molecule is CC1CCN(c2nnc(SCC(=O)N3N=C(c4ccco4)CC3c3ccco3)n2C2CC2)CC1. The molecular weight excluding hydrogens is 452 g/mol. The number of piperidine rings is 1. The Kier molecular flexibility index (Phi) is 5.68. The van der Waals surface area contributed by atoms with Crippen LogP contribution in [0.5, 0.6) is 0 Å². The number of amides is 1. The van der Waals surface area contributed by atoms with E-state index in [1.807, 2.05) is 24.3 Å². The number of hydrogen-bond acceptors (Lipinski definition) is 8. The molecule has 34 heavy (non-hydrogen) atoms. The zero-order valence-electron chi connectivity index (χ0n) is 19.2. The fourth-order valence-corrected chi connectivity index (χ4v) is 5.52. The average molecular weight is 481 g/mol. The number of carbonyl (C=O) groups excluding carboxylic acids is 1. The minimum absolute atomic E-state index is 0.0911. The third kappa shape index (κ3) is 4.15. The molecule has 10 heteroatoms. The molecule has 1 aliphatic carbocycles. The summed E-state index contributed by atoms with van der Waals surface area (Å²) < 4.78 is 13.4. The third-order valence-electron chi connectivity index (χ3n) is 6.79. The second-order valence-electron chi connectivity index (χ2n) is 9.34. The summed E-state index contributed by atoms with van der Waals surface area (Å²) in [4.78, 5) is 15.7. The number of carbonyl (C=O) groups is 1. The molecule has 2 fully saturated rings. The quantitative estimate of drug-likeness (QED) is 0.460. The molecule has 3 aliphatic rings. The van der Waals surface area contributed by atoms with Gasteiger partial charge < -0.3 is 13.7 Å². The lowest BCUT2D eigenvalue weighted by Crippen LogP contribution is -2.34. The van der Waals surface area contributed by atoms with Gasteiger partial charge in [-0.05, 0) is 55.9 Å². The molecule has 0 radical (unpaired) electrons. The van der Waals surface area contributed by atoms with Gasteiger partial charge in [0.1, 0.15) is 23.3 Å². The smallest absolute Gasteiger partial charge is 0.253 e. The average Bonchev–Trinajstić information content (AvgIpc) is 3.35. The number of hydrazone groups is 1. The van der Waals surface area contributed by atoms with Crippen LogP contribution >= 0.6 is 11.8 Å². The molecule has 0 N–H and O–H groups in total. The van der Waals surface area contributed by atoms with E-state index in [1.165, 1.54) is 29.6 Å². The van der Waals surface area contributed by atoms with Crippen molar-refractivity contribution >= 4 is 29.3 Å². The number of thioether (sulfide) groups is 1. The fraction of sp³-hybridized carbons (Fsp3) is 0.500. The van der Waals surface area contributed by atoms with Crippen molar-refractivity contribution in [3.05, 3.63) is 48.3 Å². The molecule has 1 saturated heterocycles. The number of rotatable bonds is 7. The van der Waals surface area contributed by atoms with Crippen molar-refractivity contribution in [1.82, 2.24) is 19.8 Å². The highest BCUT2D eigenvalue weighted by Gasteiger charge is 2.37. The first-order valence-corrected chi connectivity index (χ1v) is 13.0. The molecule has 6 rings (SSSR count). The first-order chi connectivity index (χ1) is 16.7. The van der Waals surface area contributed by atoms with E-state index < -0.39 is 0 Å². The Morgan fingerprint density at radius 2 is 1.88 bits per heavy atom. The summed E-state index contributed by atoms with van der Waals surface area (Å²) in [6, 6.07) is 7.56. The Bertz CT molecular complexity index is 1160. The summed E-state index contributed by atoms with van der Waals surface area (Å²) in [5.41, 5.74) is 0.743. The zero-order valence-corrected chi connectivity index (χ0v) is 20.0. The van der Waals surface area contributed by atoms with Crippen LogP contribution in [0.3, 0.4) is 0 Å². The van der Waals surface area contributed by atoms with Crippen molar-refractivity contribution in [2.45, 2.75) is 56.3 Å². The van der Waals surface area contributed by atoms with E-state index in [4.69, 9.17) is 8.83 Å². The number of anilines is 1. The lowest BCUT2D eigenvalue weighted by molar-refractivity contribution is -0.130. The van der Waals surface area contributed by atoms with E-state index in [0.717, 1.165) is 48.7 Å². The number of hydrogen-bond donors (Lipinski definition) is 0. The molecule has 9 nitrogen and oxygen atoms in total. The fourth-order valence-electron chi connectivity index (χ4n) is 4.67. The van der Waals surface area contributed by atoms with Crippen molar-refractivity contribution in [3.8, 4) is 0 Å². The summed E-state index contributed by atoms with van der Waals surface area (Å²) in [5.74, 6) is 3.24. The Balaban J connectivity index is 1.19. The number of aromatic nitrogens is 3. The highest BCUT2D eigenvalue weighted by Crippen LogP contribution is 2.42. The van der Waals surface area contributed by atoms with Crippen molar-refractivity contribution < 1.29 is 13.6 Å². The first-order valence-electron chi connectivity index (χ1n) is 12.0. The van der Waals surface area contributed by atoms with E-state index in [0.29, 0.717) is 24.0 Å². The van der Waals surface area contributed by atoms with Crippen LogP contribution in [0.25, 0.3) is 0 Å². The van der Waals surface area contributed by atoms with Crippen molar-refractivity contribution in [3.63, 3.8) is 0 Å². The van der Waals surface area contributed by atoms with E-state index in [1.54, 1.807) is 12.5 Å². The highest BCUT2D eigenvalue weighted by molar-refractivity contribution is 7.99. The largest absolute Gasteiger partial charge is 0.467 e. The van der Waals surface area contributed by atoms with Gasteiger partial charge >= 0.3 is 0 Å². The van der Waals surface area contributed by atoms with E-state index in [-0.39, 0.29) is 17.7 Å². The van der Waals surface area contributed by atoms with Gasteiger partial charge in [0.05, 0.1) is 18.3 Å². The van der Waals surface area contributed by atoms with Gasteiger partial charge in [-0.2, -0.15) is 5.10 Å². The molecule has 3 aromatic rings. The van der Waals surface area contributed by atoms with Gasteiger partial charge in [0.15, 0.2) is 5.16 Å². The van der Waals surface area contributed by atoms with Gasteiger partial charge in [0.25, 0.3) is 5.91 Å². The highest BCUT2D eigenvalue weighted by atomic mass is 32.2. The van der Waals surface area contributed by atoms with Gasteiger partial charge in [-0.3, -0.25) is 9.36 Å². The van der Waals surface area contributed by atoms with Crippen LogP contribution in [-0.2, 0) is 4.79 Å². The maximum Gasteiger partial charge on any atom is 0.253 e. The van der Waals surface area contributed by atoms with Crippen LogP contribution in [0.4, 0.5) is 5.95 Å². The standard InChI is InChI=1S/C24H28N6O3S/c1-16-8-10-28(11-9-16)23-25-26-24(29(23)17-6-7-17)34-15-22(31)30-19(21-5-3-13-33-21)14-18(27-30)20-4-2-12-32-20/h2-5,12-13,16-17,19H,6-11,14-15H2,1H3. The lowest BCUT2D eigenvalue weighted by atomic mass is 10.00. The topological polar surface area (TPSA) is 92.9 Å². The van der Waals surface area contributed by atoms with Gasteiger partial charge in [-0.1, -0.05) is 18.7 Å². The maximum absolute atomic E-state index is 13.3. The van der Waals surface area contributed by atoms with Crippen molar-refractivity contribution in [2.75, 3.05) is 23.7 Å². The molecular formula is C24H28N6O3S. The lowest BCUT2D eigenvalue weighted by Gasteiger charge is -2.31. The Hall–Kier alpha value is -3.01. The second-order valence-corrected chi connectivity index (χ2v) is 10.3. The minimum atomic E-state index is -0.282. The van der Waals surface area contributed by atoms with E-state index >= 15 is 0 Å². The summed E-state index contributed by atoms with van der Waals surface area (Å²) >= 11 is 1.44. The van der Waals surface area contributed by atoms with Crippen LogP contribution in [0, 0.1) is 5.92 Å². The molecule has 0 bridgehead atoms. The molecule has 2 aliphatic heterocycles. The molecule has 5 heterocycles. The summed E-state index contributed by atoms with van der Waals surface area (Å²) in [6.45, 7) is 4.33. The molecule has 0 spiro atoms. The summed E-state index contributed by atoms with van der Waals surface area (Å²) in [5, 5.41) is 16.0. The number of nitrogens with zero attached hydrogens (tertiary/aromatic N) is 6. The van der Waals surface area contributed by atoms with Crippen LogP contribution in [0.2, 0.25) is 0 Å². The molecule has 1 atom stereocenters. The Labute approximate surface area is 202 Å². The second kappa shape index (κ2) is 8.98. The maximum atomic E-state index is 13.3.